The van der Waals surface area contributed by atoms with Crippen LogP contribution in [0.3, 0.4) is 0 Å². The molecule has 6 rings (SSSR count). The van der Waals surface area contributed by atoms with E-state index in [2.05, 4.69) is 4.98 Å². The van der Waals surface area contributed by atoms with E-state index in [1.54, 1.807) is 41.6 Å². The lowest BCUT2D eigenvalue weighted by Gasteiger charge is -2.25. The molecule has 2 aromatic heterocycles. The molecule has 0 bridgehead atoms. The number of carbonyl (C=O) groups excluding carboxylic acids is 1. The van der Waals surface area contributed by atoms with E-state index >= 15 is 0 Å². The molecule has 0 saturated carbocycles. The van der Waals surface area contributed by atoms with Crippen LogP contribution >= 0.6 is 0 Å². The highest BCUT2D eigenvalue weighted by Gasteiger charge is 2.42. The molecule has 1 unspecified atom stereocenters. The van der Waals surface area contributed by atoms with Crippen molar-refractivity contribution in [3.63, 3.8) is 0 Å². The molecule has 1 aliphatic heterocycles. The summed E-state index contributed by atoms with van der Waals surface area (Å²) in [5.41, 5.74) is 3.38. The van der Waals surface area contributed by atoms with Crippen LogP contribution in [-0.4, -0.2) is 15.8 Å². The Labute approximate surface area is 207 Å². The quantitative estimate of drug-likeness (QED) is 0.324. The first-order chi connectivity index (χ1) is 17.7. The fraction of sp³-hybridized carbons (Fsp3) is 0.100. The summed E-state index contributed by atoms with van der Waals surface area (Å²) in [4.78, 5) is 32.9. The summed E-state index contributed by atoms with van der Waals surface area (Å²) < 4.78 is 11.9. The van der Waals surface area contributed by atoms with Gasteiger partial charge in [0.15, 0.2) is 5.43 Å². The van der Waals surface area contributed by atoms with Crippen LogP contribution in [0.25, 0.3) is 11.0 Å². The third kappa shape index (κ3) is 3.92. The number of benzene rings is 3. The van der Waals surface area contributed by atoms with Crippen LogP contribution in [-0.2, 0) is 13.2 Å². The Balaban J connectivity index is 1.39. The second-order valence-electron chi connectivity index (χ2n) is 8.70. The van der Waals surface area contributed by atoms with Crippen LogP contribution < -0.4 is 10.2 Å². The van der Waals surface area contributed by atoms with Crippen molar-refractivity contribution >= 4 is 16.9 Å². The number of rotatable bonds is 6. The van der Waals surface area contributed by atoms with Crippen molar-refractivity contribution in [2.24, 2.45) is 0 Å². The Kier molecular flexibility index (Phi) is 5.54. The first-order valence-corrected chi connectivity index (χ1v) is 11.7. The summed E-state index contributed by atoms with van der Waals surface area (Å²) >= 11 is 0. The van der Waals surface area contributed by atoms with E-state index in [1.165, 1.54) is 0 Å². The zero-order valence-electron chi connectivity index (χ0n) is 19.3. The van der Waals surface area contributed by atoms with Crippen LogP contribution in [0.15, 0.2) is 113 Å². The maximum absolute atomic E-state index is 13.6. The first-order valence-electron chi connectivity index (χ1n) is 11.7. The molecule has 0 fully saturated rings. The van der Waals surface area contributed by atoms with Crippen molar-refractivity contribution in [1.82, 2.24) is 9.88 Å². The predicted octanol–water partition coefficient (Wildman–Crippen LogP) is 5.51. The number of amides is 1. The van der Waals surface area contributed by atoms with Gasteiger partial charge >= 0.3 is 0 Å². The lowest BCUT2D eigenvalue weighted by atomic mass is 9.98. The molecular formula is C30H22N2O4. The minimum Gasteiger partial charge on any atom is -0.489 e. The number of para-hydroxylation sites is 1. The van der Waals surface area contributed by atoms with Gasteiger partial charge in [-0.3, -0.25) is 14.6 Å². The zero-order chi connectivity index (χ0) is 24.5. The largest absolute Gasteiger partial charge is 0.489 e. The van der Waals surface area contributed by atoms with E-state index in [1.807, 2.05) is 66.7 Å². The van der Waals surface area contributed by atoms with E-state index in [0.29, 0.717) is 35.4 Å². The van der Waals surface area contributed by atoms with E-state index < -0.39 is 6.04 Å². The molecule has 1 amide bonds. The predicted molar refractivity (Wildman–Crippen MR) is 136 cm³/mol. The summed E-state index contributed by atoms with van der Waals surface area (Å²) in [5, 5.41) is 0.461. The summed E-state index contributed by atoms with van der Waals surface area (Å²) in [6, 6.07) is 27.7. The third-order valence-electron chi connectivity index (χ3n) is 6.42. The number of fused-ring (bicyclic) bond motifs is 2. The normalized spacial score (nSPS) is 14.7. The van der Waals surface area contributed by atoms with Crippen LogP contribution in [0.2, 0.25) is 0 Å². The second kappa shape index (κ2) is 9.15. The molecule has 176 valence electrons. The zero-order valence-corrected chi connectivity index (χ0v) is 19.3. The first kappa shape index (κ1) is 21.8. The minimum absolute atomic E-state index is 0.0992. The van der Waals surface area contributed by atoms with Crippen molar-refractivity contribution in [1.29, 1.82) is 0 Å². The van der Waals surface area contributed by atoms with Gasteiger partial charge < -0.3 is 14.1 Å². The Bertz CT molecular complexity index is 1600. The molecule has 0 saturated heterocycles. The van der Waals surface area contributed by atoms with Crippen molar-refractivity contribution in [2.75, 3.05) is 0 Å². The van der Waals surface area contributed by atoms with Gasteiger partial charge in [0.05, 0.1) is 17.0 Å². The Morgan fingerprint density at radius 1 is 0.806 bits per heavy atom. The van der Waals surface area contributed by atoms with Gasteiger partial charge in [-0.25, -0.2) is 0 Å². The highest BCUT2D eigenvalue weighted by Crippen LogP contribution is 2.39. The van der Waals surface area contributed by atoms with Crippen molar-refractivity contribution < 1.29 is 13.9 Å². The smallest absolute Gasteiger partial charge is 0.291 e. The van der Waals surface area contributed by atoms with Gasteiger partial charge in [-0.15, -0.1) is 0 Å². The summed E-state index contributed by atoms with van der Waals surface area (Å²) in [6.07, 6.45) is 3.38. The lowest BCUT2D eigenvalue weighted by molar-refractivity contribution is 0.0714. The summed E-state index contributed by atoms with van der Waals surface area (Å²) in [5.74, 6) is 0.500. The second-order valence-corrected chi connectivity index (χ2v) is 8.70. The maximum Gasteiger partial charge on any atom is 0.291 e. The molecular weight excluding hydrogens is 452 g/mol. The average Bonchev–Trinajstić information content (AvgIpc) is 3.20. The summed E-state index contributed by atoms with van der Waals surface area (Å²) in [6.45, 7) is 0.771. The molecule has 0 aliphatic carbocycles. The molecule has 0 spiro atoms. The van der Waals surface area contributed by atoms with Gasteiger partial charge in [0.2, 0.25) is 5.76 Å². The molecule has 5 aromatic rings. The number of nitrogens with zero attached hydrogens (tertiary/aromatic N) is 2. The van der Waals surface area contributed by atoms with Gasteiger partial charge in [0.25, 0.3) is 5.91 Å². The average molecular weight is 475 g/mol. The highest BCUT2D eigenvalue weighted by atomic mass is 16.5. The third-order valence-corrected chi connectivity index (χ3v) is 6.42. The molecule has 1 aliphatic rings. The molecule has 3 aromatic carbocycles. The monoisotopic (exact) mass is 474 g/mol. The van der Waals surface area contributed by atoms with E-state index in [4.69, 9.17) is 9.15 Å². The van der Waals surface area contributed by atoms with Crippen molar-refractivity contribution in [3.8, 4) is 5.75 Å². The van der Waals surface area contributed by atoms with Crippen LogP contribution in [0, 0.1) is 0 Å². The van der Waals surface area contributed by atoms with E-state index in [-0.39, 0.29) is 17.1 Å². The van der Waals surface area contributed by atoms with Crippen LogP contribution in [0.4, 0.5) is 0 Å². The van der Waals surface area contributed by atoms with Crippen molar-refractivity contribution in [2.45, 2.75) is 19.2 Å². The van der Waals surface area contributed by atoms with Crippen molar-refractivity contribution in [3.05, 3.63) is 142 Å². The fourth-order valence-corrected chi connectivity index (χ4v) is 4.65. The Morgan fingerprint density at radius 3 is 2.31 bits per heavy atom. The lowest BCUT2D eigenvalue weighted by Crippen LogP contribution is -2.29. The van der Waals surface area contributed by atoms with Crippen LogP contribution in [0.5, 0.6) is 5.75 Å². The van der Waals surface area contributed by atoms with Gasteiger partial charge in [-0.05, 0) is 53.1 Å². The number of hydrogen-bond donors (Lipinski definition) is 0. The standard InChI is InChI=1S/C30H22N2O4/c33-28-24-8-4-5-9-25(24)36-29-26(28)27(32(30(29)34)18-20-14-16-31-17-15-20)22-10-12-23(13-11-22)35-19-21-6-2-1-3-7-21/h1-17,27H,18-19H2. The van der Waals surface area contributed by atoms with Gasteiger partial charge in [-0.1, -0.05) is 54.6 Å². The van der Waals surface area contributed by atoms with Crippen LogP contribution in [0.1, 0.15) is 38.9 Å². The number of pyridine rings is 1. The van der Waals surface area contributed by atoms with E-state index in [9.17, 15) is 9.59 Å². The Hall–Kier alpha value is -4.71. The highest BCUT2D eigenvalue weighted by molar-refractivity contribution is 5.99. The van der Waals surface area contributed by atoms with Gasteiger partial charge in [0, 0.05) is 18.9 Å². The van der Waals surface area contributed by atoms with E-state index in [0.717, 1.165) is 16.7 Å². The maximum atomic E-state index is 13.6. The molecule has 36 heavy (non-hydrogen) atoms. The number of aromatic nitrogens is 1. The fourth-order valence-electron chi connectivity index (χ4n) is 4.65. The van der Waals surface area contributed by atoms with Gasteiger partial charge in [0.1, 0.15) is 17.9 Å². The number of hydrogen-bond acceptors (Lipinski definition) is 5. The number of carbonyl (C=O) groups is 1. The molecule has 0 radical (unpaired) electrons. The SMILES string of the molecule is O=C1c2oc3ccccc3c(=O)c2C(c2ccc(OCc3ccccc3)cc2)N1Cc1ccncc1. The molecule has 6 heteroatoms. The summed E-state index contributed by atoms with van der Waals surface area (Å²) in [7, 11) is 0. The minimum atomic E-state index is -0.579. The van der Waals surface area contributed by atoms with Gasteiger partial charge in [-0.2, -0.15) is 0 Å². The Morgan fingerprint density at radius 2 is 1.53 bits per heavy atom. The molecule has 1 atom stereocenters. The molecule has 3 heterocycles. The number of ether oxygens (including phenoxy) is 1. The molecule has 0 N–H and O–H groups in total. The topological polar surface area (TPSA) is 72.6 Å². The molecule has 6 nitrogen and oxygen atoms in total.